The van der Waals surface area contributed by atoms with Crippen molar-refractivity contribution in [3.63, 3.8) is 0 Å². The summed E-state index contributed by atoms with van der Waals surface area (Å²) in [7, 11) is 0. The molecule has 1 fully saturated rings. The first kappa shape index (κ1) is 16.1. The zero-order valence-electron chi connectivity index (χ0n) is 13.9. The minimum Gasteiger partial charge on any atom is -0.334 e. The Balaban J connectivity index is 2.15. The monoisotopic (exact) mass is 291 g/mol. The van der Waals surface area contributed by atoms with E-state index in [0.717, 1.165) is 25.8 Å². The fraction of sp³-hybridized carbons (Fsp3) is 0.765. The maximum atomic E-state index is 12.8. The van der Waals surface area contributed by atoms with Crippen LogP contribution in [0.5, 0.6) is 0 Å². The molecule has 1 aliphatic heterocycles. The summed E-state index contributed by atoms with van der Waals surface area (Å²) in [6.45, 7) is 9.51. The molecule has 0 aliphatic carbocycles. The van der Waals surface area contributed by atoms with E-state index in [9.17, 15) is 4.79 Å². The molecule has 1 amide bonds. The lowest BCUT2D eigenvalue weighted by Crippen LogP contribution is -2.41. The van der Waals surface area contributed by atoms with Crippen molar-refractivity contribution < 1.29 is 4.79 Å². The van der Waals surface area contributed by atoms with E-state index in [1.165, 1.54) is 12.8 Å². The lowest BCUT2D eigenvalue weighted by molar-refractivity contribution is 0.0654. The summed E-state index contributed by atoms with van der Waals surface area (Å²) in [5, 5.41) is 4.45. The number of hydrogen-bond donors (Lipinski definition) is 0. The van der Waals surface area contributed by atoms with Gasteiger partial charge in [0, 0.05) is 24.8 Å². The van der Waals surface area contributed by atoms with Gasteiger partial charge in [0.1, 0.15) is 5.69 Å². The lowest BCUT2D eigenvalue weighted by atomic mass is 9.98. The summed E-state index contributed by atoms with van der Waals surface area (Å²) in [6, 6.07) is 2.53. The van der Waals surface area contributed by atoms with Crippen LogP contribution in [-0.2, 0) is 0 Å². The number of nitrogens with zero attached hydrogens (tertiary/aromatic N) is 3. The third kappa shape index (κ3) is 4.08. The number of likely N-dealkylation sites (tertiary alicyclic amines) is 1. The van der Waals surface area contributed by atoms with Crippen LogP contribution < -0.4 is 0 Å². The smallest absolute Gasteiger partial charge is 0.274 e. The van der Waals surface area contributed by atoms with E-state index in [1.807, 2.05) is 16.9 Å². The van der Waals surface area contributed by atoms with Crippen LogP contribution in [-0.4, -0.2) is 33.2 Å². The summed E-state index contributed by atoms with van der Waals surface area (Å²) in [6.07, 6.45) is 7.73. The number of aromatic nitrogens is 2. The highest BCUT2D eigenvalue weighted by Gasteiger charge is 2.28. The van der Waals surface area contributed by atoms with Crippen molar-refractivity contribution in [1.29, 1.82) is 0 Å². The van der Waals surface area contributed by atoms with Gasteiger partial charge in [-0.05, 0) is 45.1 Å². The van der Waals surface area contributed by atoms with Gasteiger partial charge in [0.2, 0.25) is 0 Å². The van der Waals surface area contributed by atoms with E-state index in [-0.39, 0.29) is 5.91 Å². The molecule has 4 nitrogen and oxygen atoms in total. The molecule has 1 aromatic rings. The second kappa shape index (κ2) is 7.10. The Hall–Kier alpha value is -1.32. The van der Waals surface area contributed by atoms with Gasteiger partial charge < -0.3 is 4.90 Å². The van der Waals surface area contributed by atoms with Crippen LogP contribution in [0, 0.1) is 5.92 Å². The summed E-state index contributed by atoms with van der Waals surface area (Å²) < 4.78 is 1.86. The molecular formula is C17H29N3O. The average Bonchev–Trinajstić information content (AvgIpc) is 2.80. The minimum absolute atomic E-state index is 0.113. The molecule has 0 bridgehead atoms. The molecule has 1 aromatic heterocycles. The van der Waals surface area contributed by atoms with Gasteiger partial charge in [-0.15, -0.1) is 0 Å². The van der Waals surface area contributed by atoms with Gasteiger partial charge in [-0.1, -0.05) is 26.7 Å². The maximum absolute atomic E-state index is 12.8. The highest BCUT2D eigenvalue weighted by molar-refractivity contribution is 5.92. The SMILES string of the molecule is CC(C)CC1CCCCCN1C(=O)c1ccn(C(C)C)n1. The first-order valence-corrected chi connectivity index (χ1v) is 8.35. The first-order valence-electron chi connectivity index (χ1n) is 8.35. The van der Waals surface area contributed by atoms with Gasteiger partial charge in [-0.2, -0.15) is 5.10 Å². The van der Waals surface area contributed by atoms with Crippen LogP contribution in [0.4, 0.5) is 0 Å². The zero-order valence-corrected chi connectivity index (χ0v) is 13.9. The molecule has 4 heteroatoms. The number of carbonyl (C=O) groups is 1. The van der Waals surface area contributed by atoms with Gasteiger partial charge in [0.15, 0.2) is 0 Å². The van der Waals surface area contributed by atoms with E-state index in [1.54, 1.807) is 0 Å². The Kier molecular flexibility index (Phi) is 5.43. The van der Waals surface area contributed by atoms with Gasteiger partial charge >= 0.3 is 0 Å². The second-order valence-electron chi connectivity index (χ2n) is 6.91. The summed E-state index contributed by atoms with van der Waals surface area (Å²) in [5.41, 5.74) is 0.597. The van der Waals surface area contributed by atoms with Crippen LogP contribution in [0.25, 0.3) is 0 Å². The third-order valence-corrected chi connectivity index (χ3v) is 4.24. The largest absolute Gasteiger partial charge is 0.334 e. The maximum Gasteiger partial charge on any atom is 0.274 e. The molecule has 0 N–H and O–H groups in total. The van der Waals surface area contributed by atoms with Crippen molar-refractivity contribution in [3.05, 3.63) is 18.0 Å². The highest BCUT2D eigenvalue weighted by Crippen LogP contribution is 2.24. The molecule has 1 atom stereocenters. The van der Waals surface area contributed by atoms with E-state index >= 15 is 0 Å². The minimum atomic E-state index is 0.113. The van der Waals surface area contributed by atoms with E-state index < -0.39 is 0 Å². The fourth-order valence-electron chi connectivity index (χ4n) is 3.12. The average molecular weight is 291 g/mol. The number of carbonyl (C=O) groups excluding carboxylic acids is 1. The lowest BCUT2D eigenvalue weighted by Gasteiger charge is -2.30. The summed E-state index contributed by atoms with van der Waals surface area (Å²) in [5.74, 6) is 0.735. The van der Waals surface area contributed by atoms with Crippen molar-refractivity contribution in [2.75, 3.05) is 6.54 Å². The van der Waals surface area contributed by atoms with Crippen LogP contribution >= 0.6 is 0 Å². The topological polar surface area (TPSA) is 38.1 Å². The molecule has 2 rings (SSSR count). The Morgan fingerprint density at radius 2 is 2.05 bits per heavy atom. The fourth-order valence-corrected chi connectivity index (χ4v) is 3.12. The summed E-state index contributed by atoms with van der Waals surface area (Å²) in [4.78, 5) is 14.9. The highest BCUT2D eigenvalue weighted by atomic mass is 16.2. The number of hydrogen-bond acceptors (Lipinski definition) is 2. The number of rotatable bonds is 4. The molecular weight excluding hydrogens is 262 g/mol. The molecule has 2 heterocycles. The molecule has 0 aromatic carbocycles. The predicted octanol–water partition coefficient (Wildman–Crippen LogP) is 3.89. The van der Waals surface area contributed by atoms with Gasteiger partial charge in [0.25, 0.3) is 5.91 Å². The summed E-state index contributed by atoms with van der Waals surface area (Å²) >= 11 is 0. The number of amides is 1. The Morgan fingerprint density at radius 3 is 2.67 bits per heavy atom. The quantitative estimate of drug-likeness (QED) is 0.844. The zero-order chi connectivity index (χ0) is 15.4. The van der Waals surface area contributed by atoms with Crippen LogP contribution in [0.2, 0.25) is 0 Å². The Bertz CT molecular complexity index is 464. The van der Waals surface area contributed by atoms with Gasteiger partial charge in [-0.25, -0.2) is 0 Å². The third-order valence-electron chi connectivity index (χ3n) is 4.24. The van der Waals surface area contributed by atoms with Crippen molar-refractivity contribution in [2.45, 2.75) is 71.9 Å². The van der Waals surface area contributed by atoms with Crippen molar-refractivity contribution in [3.8, 4) is 0 Å². The first-order chi connectivity index (χ1) is 9.99. The standard InChI is InChI=1S/C17H29N3O/c1-13(2)12-15-8-6-5-7-10-19(15)17(21)16-9-11-20(18-16)14(3)4/h9,11,13-15H,5-8,10,12H2,1-4H3. The molecule has 0 saturated carbocycles. The van der Waals surface area contributed by atoms with Crippen molar-refractivity contribution in [2.24, 2.45) is 5.92 Å². The van der Waals surface area contributed by atoms with Gasteiger partial charge in [0.05, 0.1) is 0 Å². The molecule has 21 heavy (non-hydrogen) atoms. The van der Waals surface area contributed by atoms with E-state index in [2.05, 4.69) is 37.7 Å². The Labute approximate surface area is 128 Å². The molecule has 1 aliphatic rings. The van der Waals surface area contributed by atoms with Crippen molar-refractivity contribution in [1.82, 2.24) is 14.7 Å². The van der Waals surface area contributed by atoms with E-state index in [4.69, 9.17) is 0 Å². The molecule has 1 unspecified atom stereocenters. The van der Waals surface area contributed by atoms with Crippen LogP contribution in [0.15, 0.2) is 12.3 Å². The van der Waals surface area contributed by atoms with Gasteiger partial charge in [-0.3, -0.25) is 9.48 Å². The molecule has 1 saturated heterocycles. The van der Waals surface area contributed by atoms with Crippen molar-refractivity contribution >= 4 is 5.91 Å². The Morgan fingerprint density at radius 1 is 1.29 bits per heavy atom. The predicted molar refractivity (Wildman–Crippen MR) is 85.4 cm³/mol. The normalized spacial score (nSPS) is 20.1. The van der Waals surface area contributed by atoms with Crippen LogP contribution in [0.3, 0.4) is 0 Å². The molecule has 118 valence electrons. The molecule has 0 radical (unpaired) electrons. The molecule has 0 spiro atoms. The van der Waals surface area contributed by atoms with Crippen LogP contribution in [0.1, 0.15) is 76.3 Å². The van der Waals surface area contributed by atoms with E-state index in [0.29, 0.717) is 23.7 Å². The second-order valence-corrected chi connectivity index (χ2v) is 6.91.